The van der Waals surface area contributed by atoms with Gasteiger partial charge in [0.1, 0.15) is 0 Å². The molecule has 0 radical (unpaired) electrons. The van der Waals surface area contributed by atoms with Gasteiger partial charge in [-0.15, -0.1) is 0 Å². The molecule has 1 N–H and O–H groups in total. The van der Waals surface area contributed by atoms with E-state index in [1.807, 2.05) is 18.2 Å². The van der Waals surface area contributed by atoms with Gasteiger partial charge in [-0.05, 0) is 24.3 Å². The van der Waals surface area contributed by atoms with Crippen molar-refractivity contribution in [1.82, 2.24) is 9.97 Å². The largest absolute Gasteiger partial charge is 0.481 e. The second-order valence-electron chi connectivity index (χ2n) is 2.88. The van der Waals surface area contributed by atoms with E-state index in [4.69, 9.17) is 5.11 Å². The van der Waals surface area contributed by atoms with Crippen LogP contribution in [-0.4, -0.2) is 26.8 Å². The highest BCUT2D eigenvalue weighted by molar-refractivity contribution is 7.99. The number of rotatable bonds is 3. The zero-order valence-corrected chi connectivity index (χ0v) is 8.57. The van der Waals surface area contributed by atoms with Crippen LogP contribution < -0.4 is 0 Å². The van der Waals surface area contributed by atoms with Gasteiger partial charge in [-0.25, -0.2) is 9.97 Å². The fourth-order valence-electron chi connectivity index (χ4n) is 1.15. The second-order valence-corrected chi connectivity index (χ2v) is 3.88. The van der Waals surface area contributed by atoms with Crippen LogP contribution in [0.1, 0.15) is 0 Å². The predicted molar refractivity (Wildman–Crippen MR) is 57.9 cm³/mol. The maximum Gasteiger partial charge on any atom is 0.313 e. The molecule has 4 nitrogen and oxygen atoms in total. The number of thioether (sulfide) groups is 1. The molecule has 2 aromatic heterocycles. The number of nitrogens with zero attached hydrogens (tertiary/aromatic N) is 2. The van der Waals surface area contributed by atoms with Gasteiger partial charge in [0.05, 0.1) is 10.8 Å². The van der Waals surface area contributed by atoms with Gasteiger partial charge in [0, 0.05) is 11.6 Å². The molecule has 5 heteroatoms. The molecular formula is C10H8N2O2S. The molecule has 2 heterocycles. The minimum atomic E-state index is -0.845. The fourth-order valence-corrected chi connectivity index (χ4v) is 1.74. The van der Waals surface area contributed by atoms with Crippen LogP contribution in [0.2, 0.25) is 0 Å². The summed E-state index contributed by atoms with van der Waals surface area (Å²) in [5.74, 6) is -0.825. The molecule has 2 aromatic rings. The van der Waals surface area contributed by atoms with Crippen molar-refractivity contribution >= 4 is 28.8 Å². The Morgan fingerprint density at radius 3 is 3.07 bits per heavy atom. The molecule has 76 valence electrons. The van der Waals surface area contributed by atoms with Crippen LogP contribution in [0, 0.1) is 0 Å². The number of hydrogen-bond donors (Lipinski definition) is 1. The lowest BCUT2D eigenvalue weighted by atomic mass is 10.3. The van der Waals surface area contributed by atoms with Crippen molar-refractivity contribution in [3.8, 4) is 0 Å². The number of carbonyl (C=O) groups is 1. The van der Waals surface area contributed by atoms with Crippen molar-refractivity contribution in [2.75, 3.05) is 5.75 Å². The molecule has 0 aliphatic heterocycles. The highest BCUT2D eigenvalue weighted by Gasteiger charge is 2.02. The van der Waals surface area contributed by atoms with Crippen molar-refractivity contribution < 1.29 is 9.90 Å². The average Bonchev–Trinajstić information content (AvgIpc) is 2.26. The van der Waals surface area contributed by atoms with Gasteiger partial charge in [-0.1, -0.05) is 11.8 Å². The Balaban J connectivity index is 2.26. The van der Waals surface area contributed by atoms with Crippen molar-refractivity contribution in [1.29, 1.82) is 0 Å². The van der Waals surface area contributed by atoms with Crippen molar-refractivity contribution in [2.45, 2.75) is 5.03 Å². The summed E-state index contributed by atoms with van der Waals surface area (Å²) in [7, 11) is 0. The van der Waals surface area contributed by atoms with E-state index in [1.165, 1.54) is 11.8 Å². The Morgan fingerprint density at radius 2 is 2.27 bits per heavy atom. The van der Waals surface area contributed by atoms with E-state index in [-0.39, 0.29) is 5.75 Å². The topological polar surface area (TPSA) is 63.1 Å². The summed E-state index contributed by atoms with van der Waals surface area (Å²) < 4.78 is 0. The van der Waals surface area contributed by atoms with Gasteiger partial charge in [0.15, 0.2) is 5.65 Å². The Kier molecular flexibility index (Phi) is 2.82. The van der Waals surface area contributed by atoms with E-state index in [0.717, 1.165) is 5.39 Å². The van der Waals surface area contributed by atoms with Gasteiger partial charge in [-0.3, -0.25) is 4.79 Å². The third-order valence-corrected chi connectivity index (χ3v) is 2.70. The normalized spacial score (nSPS) is 10.4. The Morgan fingerprint density at radius 1 is 1.40 bits per heavy atom. The third-order valence-electron chi connectivity index (χ3n) is 1.78. The standard InChI is InChI=1S/C10H8N2O2S/c13-9(14)6-15-8-4-3-7-2-1-5-11-10(7)12-8/h1-5H,6H2,(H,13,14). The lowest BCUT2D eigenvalue weighted by molar-refractivity contribution is -0.133. The smallest absolute Gasteiger partial charge is 0.313 e. The molecule has 0 saturated heterocycles. The maximum absolute atomic E-state index is 10.4. The molecule has 0 fully saturated rings. The lowest BCUT2D eigenvalue weighted by Gasteiger charge is -1.99. The first kappa shape index (κ1) is 9.92. The van der Waals surface area contributed by atoms with E-state index in [9.17, 15) is 4.79 Å². The lowest BCUT2D eigenvalue weighted by Crippen LogP contribution is -1.98. The number of hydrogen-bond acceptors (Lipinski definition) is 4. The minimum Gasteiger partial charge on any atom is -0.481 e. The second kappa shape index (κ2) is 4.27. The summed E-state index contributed by atoms with van der Waals surface area (Å²) in [6, 6.07) is 7.45. The zero-order chi connectivity index (χ0) is 10.7. The summed E-state index contributed by atoms with van der Waals surface area (Å²) >= 11 is 1.19. The molecule has 0 bridgehead atoms. The van der Waals surface area contributed by atoms with Crippen LogP contribution in [0.3, 0.4) is 0 Å². The number of pyridine rings is 2. The molecule has 0 aliphatic carbocycles. The van der Waals surface area contributed by atoms with E-state index < -0.39 is 5.97 Å². The molecule has 0 saturated carbocycles. The Bertz CT molecular complexity index is 502. The molecule has 0 amide bonds. The highest BCUT2D eigenvalue weighted by atomic mass is 32.2. The first-order valence-electron chi connectivity index (χ1n) is 4.32. The number of carboxylic acid groups (broad SMARTS) is 1. The van der Waals surface area contributed by atoms with Crippen LogP contribution >= 0.6 is 11.8 Å². The SMILES string of the molecule is O=C(O)CSc1ccc2cccnc2n1. The molecule has 0 unspecified atom stereocenters. The monoisotopic (exact) mass is 220 g/mol. The Labute approximate surface area is 90.4 Å². The van der Waals surface area contributed by atoms with Gasteiger partial charge >= 0.3 is 5.97 Å². The molecular weight excluding hydrogens is 212 g/mol. The molecule has 0 aromatic carbocycles. The average molecular weight is 220 g/mol. The maximum atomic E-state index is 10.4. The summed E-state index contributed by atoms with van der Waals surface area (Å²) in [6.45, 7) is 0. The summed E-state index contributed by atoms with van der Waals surface area (Å²) in [4.78, 5) is 18.7. The van der Waals surface area contributed by atoms with E-state index in [0.29, 0.717) is 10.7 Å². The van der Waals surface area contributed by atoms with Gasteiger partial charge in [-0.2, -0.15) is 0 Å². The van der Waals surface area contributed by atoms with E-state index in [1.54, 1.807) is 12.3 Å². The first-order valence-corrected chi connectivity index (χ1v) is 5.30. The Hall–Kier alpha value is -1.62. The molecule has 2 rings (SSSR count). The van der Waals surface area contributed by atoms with Gasteiger partial charge in [0.2, 0.25) is 0 Å². The number of fused-ring (bicyclic) bond motifs is 1. The van der Waals surface area contributed by atoms with Crippen molar-refractivity contribution in [3.05, 3.63) is 30.5 Å². The number of aromatic nitrogens is 2. The molecule has 15 heavy (non-hydrogen) atoms. The highest BCUT2D eigenvalue weighted by Crippen LogP contribution is 2.18. The minimum absolute atomic E-state index is 0.0192. The van der Waals surface area contributed by atoms with Crippen LogP contribution in [0.15, 0.2) is 35.5 Å². The summed E-state index contributed by atoms with van der Waals surface area (Å²) in [5.41, 5.74) is 0.646. The predicted octanol–water partition coefficient (Wildman–Crippen LogP) is 1.81. The van der Waals surface area contributed by atoms with Gasteiger partial charge < -0.3 is 5.11 Å². The number of carboxylic acids is 1. The number of aliphatic carboxylic acids is 1. The van der Waals surface area contributed by atoms with Crippen LogP contribution in [0.25, 0.3) is 11.0 Å². The fraction of sp³-hybridized carbons (Fsp3) is 0.100. The van der Waals surface area contributed by atoms with Crippen LogP contribution in [0.4, 0.5) is 0 Å². The van der Waals surface area contributed by atoms with Crippen LogP contribution in [-0.2, 0) is 4.79 Å². The molecule has 0 spiro atoms. The van der Waals surface area contributed by atoms with E-state index >= 15 is 0 Å². The molecule has 0 atom stereocenters. The zero-order valence-electron chi connectivity index (χ0n) is 7.75. The van der Waals surface area contributed by atoms with Crippen molar-refractivity contribution in [3.63, 3.8) is 0 Å². The summed E-state index contributed by atoms with van der Waals surface area (Å²) in [6.07, 6.45) is 1.67. The molecule has 0 aliphatic rings. The van der Waals surface area contributed by atoms with Gasteiger partial charge in [0.25, 0.3) is 0 Å². The van der Waals surface area contributed by atoms with Crippen LogP contribution in [0.5, 0.6) is 0 Å². The van der Waals surface area contributed by atoms with E-state index in [2.05, 4.69) is 9.97 Å². The summed E-state index contributed by atoms with van der Waals surface area (Å²) in [5, 5.41) is 10.2. The first-order chi connectivity index (χ1) is 7.25. The van der Waals surface area contributed by atoms with Crippen molar-refractivity contribution in [2.24, 2.45) is 0 Å². The third kappa shape index (κ3) is 2.44. The quantitative estimate of drug-likeness (QED) is 0.799.